The molecule has 0 N–H and O–H groups in total. The summed E-state index contributed by atoms with van der Waals surface area (Å²) in [6.45, 7) is 2.05. The van der Waals surface area contributed by atoms with Crippen LogP contribution in [0.4, 0.5) is 74.6 Å². The van der Waals surface area contributed by atoms with Crippen molar-refractivity contribution in [3.63, 3.8) is 0 Å². The highest BCUT2D eigenvalue weighted by molar-refractivity contribution is 8.33. The van der Waals surface area contributed by atoms with E-state index < -0.39 is 78.9 Å². The first-order valence-corrected chi connectivity index (χ1v) is 14.7. The number of halogens is 17. The average molecular weight is 716 g/mol. The van der Waals surface area contributed by atoms with Crippen molar-refractivity contribution in [2.75, 3.05) is 11.5 Å². The van der Waals surface area contributed by atoms with Gasteiger partial charge in [0.25, 0.3) is 0 Å². The van der Waals surface area contributed by atoms with E-state index in [2.05, 4.69) is 3.63 Å². The number of alkyl halides is 17. The van der Waals surface area contributed by atoms with Crippen LogP contribution in [0.25, 0.3) is 10.8 Å². The minimum atomic E-state index is -8.91. The third-order valence-electron chi connectivity index (χ3n) is 6.31. The summed E-state index contributed by atoms with van der Waals surface area (Å²) in [6, 6.07) is 8.97. The van der Waals surface area contributed by atoms with Crippen molar-refractivity contribution >= 4 is 31.2 Å². The summed E-state index contributed by atoms with van der Waals surface area (Å²) in [5.41, 5.74) is 0. The Kier molecular flexibility index (Phi) is 9.44. The fourth-order valence-corrected chi connectivity index (χ4v) is 8.85. The molecule has 0 radical (unpaired) electrons. The Morgan fingerprint density at radius 3 is 1.36 bits per heavy atom. The molecule has 0 saturated carbocycles. The topological polar surface area (TPSA) is 43.4 Å². The molecule has 2 rings (SSSR count). The van der Waals surface area contributed by atoms with E-state index in [4.69, 9.17) is 0 Å². The number of rotatable bonds is 12. The Morgan fingerprint density at radius 1 is 0.545 bits per heavy atom. The molecule has 0 spiro atoms. The molecule has 44 heavy (non-hydrogen) atoms. The molecular formula is C22H17F17O3S2. The average Bonchev–Trinajstić information content (AvgIpc) is 2.90. The van der Waals surface area contributed by atoms with Gasteiger partial charge in [0, 0.05) is 16.4 Å². The third-order valence-corrected chi connectivity index (χ3v) is 12.0. The van der Waals surface area contributed by atoms with Gasteiger partial charge in [0.2, 0.25) is 0 Å². The molecule has 2 aromatic carbocycles. The summed E-state index contributed by atoms with van der Waals surface area (Å²) in [7, 11) is -11.6. The fourth-order valence-electron chi connectivity index (χ4n) is 3.69. The highest BCUT2D eigenvalue weighted by Gasteiger charge is 2.96. The second kappa shape index (κ2) is 10.9. The molecule has 0 aromatic heterocycles. The van der Waals surface area contributed by atoms with Crippen LogP contribution >= 0.6 is 10.3 Å². The highest BCUT2D eigenvalue weighted by atomic mass is 32.3. The summed E-state index contributed by atoms with van der Waals surface area (Å²) in [6.07, 6.45) is -7.90. The fraction of sp³-hybridized carbons (Fsp3) is 0.545. The minimum absolute atomic E-state index is 0.0308. The van der Waals surface area contributed by atoms with E-state index in [1.807, 2.05) is 0 Å². The maximum absolute atomic E-state index is 14.7. The quantitative estimate of drug-likeness (QED) is 0.206. The van der Waals surface area contributed by atoms with Crippen LogP contribution < -0.4 is 0 Å². The maximum Gasteiger partial charge on any atom is 0.460 e. The first kappa shape index (κ1) is 38.0. The predicted octanol–water partition coefficient (Wildman–Crippen LogP) is 9.27. The molecule has 0 saturated heterocycles. The number of fused-ring (bicyclic) bond motifs is 1. The molecule has 0 aliphatic carbocycles. The van der Waals surface area contributed by atoms with Crippen molar-refractivity contribution in [1.82, 2.24) is 0 Å². The number of benzene rings is 2. The van der Waals surface area contributed by atoms with Gasteiger partial charge in [0.15, 0.2) is 0 Å². The molecule has 254 valence electrons. The first-order chi connectivity index (χ1) is 19.4. The molecule has 0 aliphatic heterocycles. The zero-order valence-electron chi connectivity index (χ0n) is 21.4. The normalized spacial score (nSPS) is 16.0. The zero-order chi connectivity index (χ0) is 34.8. The molecule has 0 fully saturated rings. The van der Waals surface area contributed by atoms with Gasteiger partial charge in [-0.1, -0.05) is 60.6 Å². The van der Waals surface area contributed by atoms with Crippen LogP contribution in [0.5, 0.6) is 0 Å². The van der Waals surface area contributed by atoms with Gasteiger partial charge in [0.05, 0.1) is 0 Å². The highest BCUT2D eigenvalue weighted by Crippen LogP contribution is 2.66. The van der Waals surface area contributed by atoms with E-state index in [1.54, 1.807) is 0 Å². The lowest BCUT2D eigenvalue weighted by Gasteiger charge is -2.43. The lowest BCUT2D eigenvalue weighted by molar-refractivity contribution is -0.458. The molecule has 0 atom stereocenters. The molecule has 0 bridgehead atoms. The Hall–Kier alpha value is -2.23. The minimum Gasteiger partial charge on any atom is -0.211 e. The van der Waals surface area contributed by atoms with Crippen molar-refractivity contribution < 1.29 is 86.7 Å². The Balaban J connectivity index is 2.73. The number of hydrogen-bond acceptors (Lipinski definition) is 3. The molecule has 2 aromatic rings. The van der Waals surface area contributed by atoms with Crippen LogP contribution in [0.1, 0.15) is 13.8 Å². The zero-order valence-corrected chi connectivity index (χ0v) is 23.1. The Bertz CT molecular complexity index is 1460. The van der Waals surface area contributed by atoms with E-state index >= 15 is 0 Å². The van der Waals surface area contributed by atoms with Crippen LogP contribution in [0.2, 0.25) is 0 Å². The summed E-state index contributed by atoms with van der Waals surface area (Å²) in [4.78, 5) is -0.305. The van der Waals surface area contributed by atoms with Crippen LogP contribution in [0.3, 0.4) is 0 Å². The van der Waals surface area contributed by atoms with Crippen LogP contribution in [0.15, 0.2) is 47.4 Å². The summed E-state index contributed by atoms with van der Waals surface area (Å²) in [5.74, 6) is -53.4. The largest absolute Gasteiger partial charge is 0.460 e. The van der Waals surface area contributed by atoms with Gasteiger partial charge in [-0.3, -0.25) is 0 Å². The Morgan fingerprint density at radius 2 is 0.932 bits per heavy atom. The van der Waals surface area contributed by atoms with Gasteiger partial charge in [-0.15, -0.1) is 0 Å². The monoisotopic (exact) mass is 716 g/mol. The Labute approximate surface area is 238 Å². The van der Waals surface area contributed by atoms with E-state index in [1.165, 1.54) is 36.4 Å². The van der Waals surface area contributed by atoms with Crippen molar-refractivity contribution in [3.8, 4) is 0 Å². The molecular weight excluding hydrogens is 699 g/mol. The SMILES string of the molecule is CCS(CC)(OS(=O)(=O)C(F)(F)C(F)(F)C(F)(F)C(F)(F)C(F)(F)C(F)(F)C(F)(F)C(F)(F)F)c1cccc2ccccc12. The van der Waals surface area contributed by atoms with Crippen molar-refractivity contribution in [2.24, 2.45) is 0 Å². The van der Waals surface area contributed by atoms with Gasteiger partial charge < -0.3 is 0 Å². The van der Waals surface area contributed by atoms with E-state index in [0.717, 1.165) is 19.9 Å². The molecule has 3 nitrogen and oxygen atoms in total. The summed E-state index contributed by atoms with van der Waals surface area (Å²) in [5, 5.41) is -7.45. The van der Waals surface area contributed by atoms with Crippen molar-refractivity contribution in [3.05, 3.63) is 42.5 Å². The lowest BCUT2D eigenvalue weighted by Crippen LogP contribution is -2.75. The van der Waals surface area contributed by atoms with Crippen LogP contribution in [-0.4, -0.2) is 66.9 Å². The molecule has 0 aliphatic rings. The smallest absolute Gasteiger partial charge is 0.211 e. The summed E-state index contributed by atoms with van der Waals surface area (Å²) >= 11 is 0. The van der Waals surface area contributed by atoms with Crippen LogP contribution in [-0.2, 0) is 13.7 Å². The van der Waals surface area contributed by atoms with Crippen LogP contribution in [0, 0.1) is 0 Å². The molecule has 0 amide bonds. The lowest BCUT2D eigenvalue weighted by atomic mass is 9.91. The van der Waals surface area contributed by atoms with E-state index in [-0.39, 0.29) is 15.7 Å². The standard InChI is InChI=1S/C22H17F17O3S2/c1-3-43(4-2,14-11-7-9-12-8-5-6-10-13(12)14)42-44(40,41)22(38,39)20(33,34)18(29,30)16(25,26)15(23,24)17(27,28)19(31,32)21(35,36)37/h5-11H,3-4H2,1-2H3. The third kappa shape index (κ3) is 5.05. The second-order valence-corrected chi connectivity index (χ2v) is 14.0. The molecule has 0 heterocycles. The molecule has 0 unspecified atom stereocenters. The number of hydrogen-bond donors (Lipinski definition) is 0. The predicted molar refractivity (Wildman–Crippen MR) is 122 cm³/mol. The van der Waals surface area contributed by atoms with Gasteiger partial charge in [0.1, 0.15) is 0 Å². The van der Waals surface area contributed by atoms with Gasteiger partial charge >= 0.3 is 57.1 Å². The first-order valence-electron chi connectivity index (χ1n) is 11.4. The van der Waals surface area contributed by atoms with Crippen molar-refractivity contribution in [1.29, 1.82) is 0 Å². The van der Waals surface area contributed by atoms with E-state index in [0.29, 0.717) is 0 Å². The summed E-state index contributed by atoms with van der Waals surface area (Å²) < 4.78 is 261. The van der Waals surface area contributed by atoms with Crippen molar-refractivity contribution in [2.45, 2.75) is 65.7 Å². The van der Waals surface area contributed by atoms with Gasteiger partial charge in [-0.05, 0) is 16.8 Å². The van der Waals surface area contributed by atoms with Gasteiger partial charge in [-0.25, -0.2) is 3.63 Å². The second-order valence-electron chi connectivity index (χ2n) is 8.85. The van der Waals surface area contributed by atoms with E-state index in [9.17, 15) is 83.1 Å². The molecule has 22 heteroatoms. The maximum atomic E-state index is 14.7. The van der Waals surface area contributed by atoms with Gasteiger partial charge in [-0.2, -0.15) is 83.1 Å².